The SMILES string of the molecule is CCC[C@H]1CN(CC(=O)c2cc(C(C)(C)C)c(O)c(C(C)(C)C)c2)C(=N)[C@@H]1c1ccc(OCCOC)cc1. The fraction of sp³-hybridized carbons (Fsp3) is 0.562. The average Bonchev–Trinajstić information content (AvgIpc) is 3.13. The maximum Gasteiger partial charge on any atom is 0.182 e. The molecule has 1 heterocycles. The Kier molecular flexibility index (Phi) is 9.30. The fourth-order valence-electron chi connectivity index (χ4n) is 5.33. The summed E-state index contributed by atoms with van der Waals surface area (Å²) in [4.78, 5) is 15.6. The van der Waals surface area contributed by atoms with Crippen molar-refractivity contribution in [1.29, 1.82) is 5.41 Å². The number of ketones is 1. The number of rotatable bonds is 10. The van der Waals surface area contributed by atoms with Crippen molar-refractivity contribution in [2.24, 2.45) is 5.92 Å². The molecule has 0 radical (unpaired) electrons. The van der Waals surface area contributed by atoms with Crippen LogP contribution in [0, 0.1) is 11.3 Å². The zero-order valence-corrected chi connectivity index (χ0v) is 24.5. The van der Waals surface area contributed by atoms with E-state index in [9.17, 15) is 9.90 Å². The monoisotopic (exact) mass is 522 g/mol. The molecule has 1 aliphatic rings. The second kappa shape index (κ2) is 11.9. The molecule has 3 rings (SSSR count). The van der Waals surface area contributed by atoms with Gasteiger partial charge in [-0.25, -0.2) is 0 Å². The van der Waals surface area contributed by atoms with Gasteiger partial charge in [-0.1, -0.05) is 67.0 Å². The van der Waals surface area contributed by atoms with Crippen molar-refractivity contribution in [3.8, 4) is 11.5 Å². The van der Waals surface area contributed by atoms with Crippen molar-refractivity contribution in [1.82, 2.24) is 4.90 Å². The van der Waals surface area contributed by atoms with Gasteiger partial charge >= 0.3 is 0 Å². The molecule has 0 aliphatic carbocycles. The minimum absolute atomic E-state index is 0.0245. The maximum atomic E-state index is 13.6. The third kappa shape index (κ3) is 6.76. The largest absolute Gasteiger partial charge is 0.507 e. The number of carbonyl (C=O) groups excluding carboxylic acids is 1. The molecule has 0 spiro atoms. The summed E-state index contributed by atoms with van der Waals surface area (Å²) < 4.78 is 10.8. The van der Waals surface area contributed by atoms with E-state index in [1.807, 2.05) is 82.8 Å². The summed E-state index contributed by atoms with van der Waals surface area (Å²) in [6, 6.07) is 11.7. The number of hydrogen-bond donors (Lipinski definition) is 2. The van der Waals surface area contributed by atoms with Crippen LogP contribution in [-0.4, -0.2) is 55.0 Å². The van der Waals surface area contributed by atoms with E-state index in [-0.39, 0.29) is 40.7 Å². The summed E-state index contributed by atoms with van der Waals surface area (Å²) in [6.07, 6.45) is 2.02. The first kappa shape index (κ1) is 29.7. The molecule has 2 aromatic rings. The van der Waals surface area contributed by atoms with Crippen LogP contribution in [0.4, 0.5) is 0 Å². The second-order valence-electron chi connectivity index (χ2n) is 12.5. The van der Waals surface area contributed by atoms with Crippen LogP contribution in [0.2, 0.25) is 0 Å². The average molecular weight is 523 g/mol. The number of ether oxygens (including phenoxy) is 2. The molecule has 1 fully saturated rings. The van der Waals surface area contributed by atoms with Gasteiger partial charge in [-0.2, -0.15) is 0 Å². The Labute approximate surface area is 228 Å². The van der Waals surface area contributed by atoms with E-state index in [1.54, 1.807) is 7.11 Å². The van der Waals surface area contributed by atoms with E-state index < -0.39 is 0 Å². The third-order valence-electron chi connectivity index (χ3n) is 7.40. The summed E-state index contributed by atoms with van der Waals surface area (Å²) in [5, 5.41) is 20.1. The molecular formula is C32H46N2O4. The lowest BCUT2D eigenvalue weighted by Gasteiger charge is -2.28. The van der Waals surface area contributed by atoms with Crippen molar-refractivity contribution in [2.45, 2.75) is 78.1 Å². The highest BCUT2D eigenvalue weighted by molar-refractivity contribution is 6.01. The number of carbonyl (C=O) groups is 1. The molecule has 0 saturated carbocycles. The van der Waals surface area contributed by atoms with Crippen LogP contribution in [0.5, 0.6) is 11.5 Å². The van der Waals surface area contributed by atoms with E-state index in [2.05, 4.69) is 6.92 Å². The van der Waals surface area contributed by atoms with Gasteiger partial charge in [-0.05, 0) is 53.0 Å². The Hall–Kier alpha value is -2.86. The highest BCUT2D eigenvalue weighted by atomic mass is 16.5. The molecule has 2 atom stereocenters. The molecule has 2 aromatic carbocycles. The minimum Gasteiger partial charge on any atom is -0.507 e. The van der Waals surface area contributed by atoms with Crippen molar-refractivity contribution >= 4 is 11.6 Å². The number of methoxy groups -OCH3 is 1. The Balaban J connectivity index is 1.86. The van der Waals surface area contributed by atoms with E-state index in [0.717, 1.165) is 35.3 Å². The van der Waals surface area contributed by atoms with Crippen molar-refractivity contribution in [3.05, 3.63) is 58.7 Å². The Morgan fingerprint density at radius 2 is 1.61 bits per heavy atom. The number of Topliss-reactive ketones (excluding diaryl/α,β-unsaturated/α-hetero) is 1. The molecule has 38 heavy (non-hydrogen) atoms. The molecule has 6 nitrogen and oxygen atoms in total. The number of nitrogens with one attached hydrogen (secondary N) is 1. The van der Waals surface area contributed by atoms with Crippen LogP contribution in [0.25, 0.3) is 0 Å². The number of nitrogens with zero attached hydrogens (tertiary/aromatic N) is 1. The summed E-state index contributed by atoms with van der Waals surface area (Å²) >= 11 is 0. The molecule has 2 N–H and O–H groups in total. The highest BCUT2D eigenvalue weighted by Gasteiger charge is 2.39. The number of hydrogen-bond acceptors (Lipinski definition) is 5. The predicted molar refractivity (Wildman–Crippen MR) is 154 cm³/mol. The van der Waals surface area contributed by atoms with Gasteiger partial charge in [-0.15, -0.1) is 0 Å². The van der Waals surface area contributed by atoms with E-state index in [4.69, 9.17) is 14.9 Å². The van der Waals surface area contributed by atoms with E-state index in [1.165, 1.54) is 0 Å². The lowest BCUT2D eigenvalue weighted by Crippen LogP contribution is -2.32. The van der Waals surface area contributed by atoms with Crippen LogP contribution in [0.1, 0.15) is 94.3 Å². The van der Waals surface area contributed by atoms with Crippen LogP contribution in [0.3, 0.4) is 0 Å². The summed E-state index contributed by atoms with van der Waals surface area (Å²) in [7, 11) is 1.65. The number of likely N-dealkylation sites (tertiary alicyclic amines) is 1. The molecule has 1 saturated heterocycles. The van der Waals surface area contributed by atoms with Crippen molar-refractivity contribution in [2.75, 3.05) is 33.4 Å². The quantitative estimate of drug-likeness (QED) is 0.268. The smallest absolute Gasteiger partial charge is 0.182 e. The molecule has 0 unspecified atom stereocenters. The van der Waals surface area contributed by atoms with Crippen LogP contribution < -0.4 is 4.74 Å². The summed E-state index contributed by atoms with van der Waals surface area (Å²) in [5.41, 5.74) is 2.61. The normalized spacial score (nSPS) is 18.2. The first-order valence-electron chi connectivity index (χ1n) is 13.7. The van der Waals surface area contributed by atoms with Crippen molar-refractivity contribution in [3.63, 3.8) is 0 Å². The number of benzene rings is 2. The van der Waals surface area contributed by atoms with Gasteiger partial charge in [0.25, 0.3) is 0 Å². The Bertz CT molecular complexity index is 1090. The topological polar surface area (TPSA) is 82.9 Å². The molecule has 208 valence electrons. The van der Waals surface area contributed by atoms with E-state index in [0.29, 0.717) is 31.2 Å². The van der Waals surface area contributed by atoms with E-state index >= 15 is 0 Å². The predicted octanol–water partition coefficient (Wildman–Crippen LogP) is 6.69. The molecule has 0 aromatic heterocycles. The van der Waals surface area contributed by atoms with Gasteiger partial charge in [0.1, 0.15) is 23.9 Å². The standard InChI is InChI=1S/C32H46N2O4/c1-9-10-22-19-34(30(33)28(22)21-11-13-24(14-12-21)38-16-15-37-8)20-27(35)23-17-25(31(2,3)4)29(36)26(18-23)32(5,6)7/h11-14,17-18,22,28,33,36H,9-10,15-16,19-20H2,1-8H3/t22-,28+/m0/s1. The van der Waals surface area contributed by atoms with Crippen LogP contribution >= 0.6 is 0 Å². The number of aromatic hydroxyl groups is 1. The minimum atomic E-state index is -0.308. The van der Waals surface area contributed by atoms with Gasteiger partial charge in [-0.3, -0.25) is 10.2 Å². The first-order chi connectivity index (χ1) is 17.8. The first-order valence-corrected chi connectivity index (χ1v) is 13.7. The zero-order chi connectivity index (χ0) is 28.3. The maximum absolute atomic E-state index is 13.6. The molecule has 6 heteroatoms. The Morgan fingerprint density at radius 1 is 1.03 bits per heavy atom. The number of amidine groups is 1. The molecule has 0 amide bonds. The lowest BCUT2D eigenvalue weighted by molar-refractivity contribution is 0.0963. The van der Waals surface area contributed by atoms with Gasteiger partial charge in [0.05, 0.1) is 13.2 Å². The highest BCUT2D eigenvalue weighted by Crippen LogP contribution is 2.41. The molecule has 0 bridgehead atoms. The van der Waals surface area contributed by atoms with Crippen molar-refractivity contribution < 1.29 is 19.4 Å². The lowest BCUT2D eigenvalue weighted by atomic mass is 9.78. The van der Waals surface area contributed by atoms with Gasteiger partial charge in [0, 0.05) is 36.3 Å². The number of phenols is 1. The van der Waals surface area contributed by atoms with Crippen LogP contribution in [0.15, 0.2) is 36.4 Å². The van der Waals surface area contributed by atoms with Crippen LogP contribution in [-0.2, 0) is 15.6 Å². The molecule has 1 aliphatic heterocycles. The second-order valence-corrected chi connectivity index (χ2v) is 12.5. The summed E-state index contributed by atoms with van der Waals surface area (Å²) in [6.45, 7) is 16.3. The summed E-state index contributed by atoms with van der Waals surface area (Å²) in [5.74, 6) is 1.75. The zero-order valence-electron chi connectivity index (χ0n) is 24.5. The third-order valence-corrected chi connectivity index (χ3v) is 7.40. The Morgan fingerprint density at radius 3 is 2.11 bits per heavy atom. The fourth-order valence-corrected chi connectivity index (χ4v) is 5.33. The number of phenolic OH excluding ortho intramolecular Hbond substituents is 1. The van der Waals surface area contributed by atoms with Gasteiger partial charge in [0.2, 0.25) is 0 Å². The van der Waals surface area contributed by atoms with Gasteiger partial charge in [0.15, 0.2) is 5.78 Å². The van der Waals surface area contributed by atoms with Gasteiger partial charge < -0.3 is 19.5 Å². The molecular weight excluding hydrogens is 476 g/mol.